The summed E-state index contributed by atoms with van der Waals surface area (Å²) in [5, 5.41) is 8.96. The average Bonchev–Trinajstić information content (AvgIpc) is 2.89. The quantitative estimate of drug-likeness (QED) is 0.822. The number of carbonyl (C=O) groups is 2. The highest BCUT2D eigenvalue weighted by Crippen LogP contribution is 2.45. The summed E-state index contributed by atoms with van der Waals surface area (Å²) in [5.74, 6) is -0.0985. The van der Waals surface area contributed by atoms with Crippen LogP contribution in [0.15, 0.2) is 48.5 Å². The minimum Gasteiger partial charge on any atom is -0.465 e. The van der Waals surface area contributed by atoms with Crippen LogP contribution >= 0.6 is 11.6 Å². The van der Waals surface area contributed by atoms with E-state index in [1.54, 1.807) is 6.92 Å². The van der Waals surface area contributed by atoms with E-state index in [1.165, 1.54) is 4.90 Å². The van der Waals surface area contributed by atoms with Gasteiger partial charge in [0.1, 0.15) is 6.04 Å². The van der Waals surface area contributed by atoms with E-state index in [-0.39, 0.29) is 12.5 Å². The standard InChI is InChI=1S/C19H18ClNO3/c1-2-17(18(20)22)21(19(23)24)11-16-14-9-5-3-7-12(14)13-8-4-6-10-15(13)16/h3-10,16-17H,2,11H2,1H3,(H,23,24). The molecule has 1 amide bonds. The first-order chi connectivity index (χ1) is 11.5. The topological polar surface area (TPSA) is 57.6 Å². The third kappa shape index (κ3) is 2.78. The Hall–Kier alpha value is -2.33. The fourth-order valence-corrected chi connectivity index (χ4v) is 3.77. The van der Waals surface area contributed by atoms with Gasteiger partial charge in [0.15, 0.2) is 0 Å². The van der Waals surface area contributed by atoms with Crippen LogP contribution in [-0.4, -0.2) is 33.9 Å². The fourth-order valence-electron chi connectivity index (χ4n) is 3.50. The van der Waals surface area contributed by atoms with E-state index < -0.39 is 17.4 Å². The second-order valence-corrected chi connectivity index (χ2v) is 6.26. The number of hydrogen-bond acceptors (Lipinski definition) is 2. The molecule has 0 heterocycles. The number of hydrogen-bond donors (Lipinski definition) is 1. The lowest BCUT2D eigenvalue weighted by atomic mass is 9.95. The molecule has 0 fully saturated rings. The van der Waals surface area contributed by atoms with Crippen molar-refractivity contribution in [2.24, 2.45) is 0 Å². The maximum atomic E-state index is 11.7. The Morgan fingerprint density at radius 2 is 1.58 bits per heavy atom. The van der Waals surface area contributed by atoms with Crippen LogP contribution in [-0.2, 0) is 4.79 Å². The zero-order chi connectivity index (χ0) is 17.3. The second kappa shape index (κ2) is 6.65. The van der Waals surface area contributed by atoms with Gasteiger partial charge in [0.25, 0.3) is 0 Å². The predicted octanol–water partition coefficient (Wildman–Crippen LogP) is 4.32. The first-order valence-electron chi connectivity index (χ1n) is 7.91. The zero-order valence-electron chi connectivity index (χ0n) is 13.3. The molecule has 0 aromatic heterocycles. The average molecular weight is 344 g/mol. The number of benzene rings is 2. The molecule has 24 heavy (non-hydrogen) atoms. The SMILES string of the molecule is CCC(C(=O)Cl)N(CC1c2ccccc2-c2ccccc21)C(=O)O. The van der Waals surface area contributed by atoms with Gasteiger partial charge in [0.2, 0.25) is 5.24 Å². The molecule has 4 nitrogen and oxygen atoms in total. The Morgan fingerprint density at radius 1 is 1.08 bits per heavy atom. The Morgan fingerprint density at radius 3 is 2.00 bits per heavy atom. The Kier molecular flexibility index (Phi) is 4.58. The largest absolute Gasteiger partial charge is 0.465 e. The molecule has 1 atom stereocenters. The van der Waals surface area contributed by atoms with Crippen LogP contribution in [0, 0.1) is 0 Å². The molecule has 0 radical (unpaired) electrons. The third-order valence-electron chi connectivity index (χ3n) is 4.61. The van der Waals surface area contributed by atoms with Gasteiger partial charge in [0, 0.05) is 12.5 Å². The molecule has 1 aliphatic rings. The lowest BCUT2D eigenvalue weighted by Crippen LogP contribution is -2.44. The summed E-state index contributed by atoms with van der Waals surface area (Å²) >= 11 is 5.62. The van der Waals surface area contributed by atoms with Crippen molar-refractivity contribution in [1.82, 2.24) is 4.90 Å². The fraction of sp³-hybridized carbons (Fsp3) is 0.263. The third-order valence-corrected chi connectivity index (χ3v) is 4.86. The Labute approximate surface area is 145 Å². The number of nitrogens with zero attached hydrogens (tertiary/aromatic N) is 1. The van der Waals surface area contributed by atoms with Crippen molar-refractivity contribution < 1.29 is 14.7 Å². The van der Waals surface area contributed by atoms with Crippen molar-refractivity contribution in [3.05, 3.63) is 59.7 Å². The van der Waals surface area contributed by atoms with Crippen LogP contribution in [0.5, 0.6) is 0 Å². The van der Waals surface area contributed by atoms with Crippen molar-refractivity contribution in [2.75, 3.05) is 6.54 Å². The lowest BCUT2D eigenvalue weighted by molar-refractivity contribution is -0.116. The van der Waals surface area contributed by atoms with E-state index >= 15 is 0 Å². The van der Waals surface area contributed by atoms with Crippen molar-refractivity contribution in [3.63, 3.8) is 0 Å². The van der Waals surface area contributed by atoms with E-state index in [4.69, 9.17) is 11.6 Å². The van der Waals surface area contributed by atoms with Gasteiger partial charge in [-0.05, 0) is 40.3 Å². The number of carboxylic acid groups (broad SMARTS) is 1. The number of carbonyl (C=O) groups excluding carboxylic acids is 1. The molecule has 124 valence electrons. The highest BCUT2D eigenvalue weighted by molar-refractivity contribution is 6.64. The van der Waals surface area contributed by atoms with E-state index in [1.807, 2.05) is 48.5 Å². The van der Waals surface area contributed by atoms with Gasteiger partial charge in [-0.25, -0.2) is 4.79 Å². The van der Waals surface area contributed by atoms with E-state index in [9.17, 15) is 14.7 Å². The summed E-state index contributed by atoms with van der Waals surface area (Å²) in [4.78, 5) is 24.5. The molecule has 0 bridgehead atoms. The van der Waals surface area contributed by atoms with Crippen LogP contribution < -0.4 is 0 Å². The summed E-state index contributed by atoms with van der Waals surface area (Å²) < 4.78 is 0. The van der Waals surface area contributed by atoms with Crippen LogP contribution in [0.3, 0.4) is 0 Å². The number of amides is 1. The normalized spacial score (nSPS) is 13.9. The molecular weight excluding hydrogens is 326 g/mol. The van der Waals surface area contributed by atoms with Crippen molar-refractivity contribution in [3.8, 4) is 11.1 Å². The van der Waals surface area contributed by atoms with Crippen LogP contribution in [0.1, 0.15) is 30.4 Å². The summed E-state index contributed by atoms with van der Waals surface area (Å²) in [7, 11) is 0. The van der Waals surface area contributed by atoms with E-state index in [2.05, 4.69) is 0 Å². The highest BCUT2D eigenvalue weighted by Gasteiger charge is 2.34. The van der Waals surface area contributed by atoms with Gasteiger partial charge in [-0.15, -0.1) is 0 Å². The smallest absolute Gasteiger partial charge is 0.407 e. The first-order valence-corrected chi connectivity index (χ1v) is 8.29. The lowest BCUT2D eigenvalue weighted by Gasteiger charge is -2.29. The van der Waals surface area contributed by atoms with Gasteiger partial charge in [-0.2, -0.15) is 0 Å². The first kappa shape index (κ1) is 16.5. The van der Waals surface area contributed by atoms with Crippen molar-refractivity contribution in [1.29, 1.82) is 0 Å². The molecule has 1 unspecified atom stereocenters. The number of halogens is 1. The van der Waals surface area contributed by atoms with Gasteiger partial charge in [-0.3, -0.25) is 9.69 Å². The highest BCUT2D eigenvalue weighted by atomic mass is 35.5. The molecule has 3 rings (SSSR count). The second-order valence-electron chi connectivity index (χ2n) is 5.89. The Bertz CT molecular complexity index is 744. The van der Waals surface area contributed by atoms with Crippen molar-refractivity contribution in [2.45, 2.75) is 25.3 Å². The molecule has 0 aliphatic heterocycles. The van der Waals surface area contributed by atoms with Gasteiger partial charge < -0.3 is 5.11 Å². The monoisotopic (exact) mass is 343 g/mol. The molecule has 2 aromatic rings. The summed E-state index contributed by atoms with van der Waals surface area (Å²) in [6.45, 7) is 1.97. The van der Waals surface area contributed by atoms with Crippen molar-refractivity contribution >= 4 is 22.9 Å². The van der Waals surface area contributed by atoms with Crippen LogP contribution in [0.25, 0.3) is 11.1 Å². The summed E-state index contributed by atoms with van der Waals surface area (Å²) in [6.07, 6.45) is -0.775. The maximum Gasteiger partial charge on any atom is 0.407 e. The van der Waals surface area contributed by atoms with Crippen LogP contribution in [0.4, 0.5) is 4.79 Å². The molecular formula is C19H18ClNO3. The summed E-state index contributed by atoms with van der Waals surface area (Å²) in [6, 6.07) is 15.2. The molecule has 1 aliphatic carbocycles. The number of fused-ring (bicyclic) bond motifs is 3. The number of rotatable bonds is 5. The summed E-state index contributed by atoms with van der Waals surface area (Å²) in [5.41, 5.74) is 4.41. The molecule has 2 aromatic carbocycles. The molecule has 0 saturated carbocycles. The van der Waals surface area contributed by atoms with E-state index in [0.29, 0.717) is 6.42 Å². The van der Waals surface area contributed by atoms with Crippen LogP contribution in [0.2, 0.25) is 0 Å². The maximum absolute atomic E-state index is 11.7. The molecule has 0 spiro atoms. The molecule has 1 N–H and O–H groups in total. The minimum absolute atomic E-state index is 0.0985. The van der Waals surface area contributed by atoms with Gasteiger partial charge in [-0.1, -0.05) is 55.5 Å². The minimum atomic E-state index is -1.13. The zero-order valence-corrected chi connectivity index (χ0v) is 14.0. The van der Waals surface area contributed by atoms with Gasteiger partial charge in [0.05, 0.1) is 0 Å². The molecule has 5 heteroatoms. The van der Waals surface area contributed by atoms with Gasteiger partial charge >= 0.3 is 6.09 Å². The van der Waals surface area contributed by atoms with E-state index in [0.717, 1.165) is 22.3 Å². The predicted molar refractivity (Wildman–Crippen MR) is 93.4 cm³/mol. The molecule has 0 saturated heterocycles. The Balaban J connectivity index is 2.02.